The lowest BCUT2D eigenvalue weighted by atomic mass is 10.2. The van der Waals surface area contributed by atoms with Gasteiger partial charge in [0.1, 0.15) is 0 Å². The highest BCUT2D eigenvalue weighted by atomic mass is 32.2. The SMILES string of the molecule is CC(OC(=O)c1ccc(SC(F)F)cc1)C(=O)NC(=O)Nc1ccccc1. The Kier molecular flexibility index (Phi) is 7.30. The molecule has 0 saturated carbocycles. The summed E-state index contributed by atoms with van der Waals surface area (Å²) < 4.78 is 29.5. The Morgan fingerprint density at radius 3 is 2.22 bits per heavy atom. The minimum absolute atomic E-state index is 0.0991. The van der Waals surface area contributed by atoms with Crippen molar-refractivity contribution in [3.05, 3.63) is 60.2 Å². The van der Waals surface area contributed by atoms with Crippen LogP contribution in [0.4, 0.5) is 19.3 Å². The zero-order chi connectivity index (χ0) is 19.8. The zero-order valence-electron chi connectivity index (χ0n) is 14.1. The molecule has 2 rings (SSSR count). The third-order valence-electron chi connectivity index (χ3n) is 3.24. The average molecular weight is 394 g/mol. The maximum Gasteiger partial charge on any atom is 0.338 e. The van der Waals surface area contributed by atoms with Crippen LogP contribution in [0.3, 0.4) is 0 Å². The minimum Gasteiger partial charge on any atom is -0.449 e. The summed E-state index contributed by atoms with van der Waals surface area (Å²) in [4.78, 5) is 36.0. The molecule has 2 aromatic rings. The van der Waals surface area contributed by atoms with Gasteiger partial charge in [-0.05, 0) is 43.3 Å². The van der Waals surface area contributed by atoms with Crippen LogP contribution in [0.5, 0.6) is 0 Å². The highest BCUT2D eigenvalue weighted by Gasteiger charge is 2.21. The summed E-state index contributed by atoms with van der Waals surface area (Å²) in [6.07, 6.45) is -1.23. The number of urea groups is 1. The fraction of sp³-hybridized carbons (Fsp3) is 0.167. The molecule has 1 unspecified atom stereocenters. The van der Waals surface area contributed by atoms with E-state index in [4.69, 9.17) is 4.74 Å². The number of rotatable bonds is 6. The monoisotopic (exact) mass is 394 g/mol. The quantitative estimate of drug-likeness (QED) is 0.574. The van der Waals surface area contributed by atoms with E-state index in [2.05, 4.69) is 10.6 Å². The Hall–Kier alpha value is -2.94. The number of esters is 1. The highest BCUT2D eigenvalue weighted by molar-refractivity contribution is 7.99. The van der Waals surface area contributed by atoms with E-state index in [1.54, 1.807) is 30.3 Å². The van der Waals surface area contributed by atoms with Gasteiger partial charge in [-0.3, -0.25) is 10.1 Å². The molecule has 6 nitrogen and oxygen atoms in total. The number of imide groups is 1. The first-order chi connectivity index (χ1) is 12.8. The fourth-order valence-corrected chi connectivity index (χ4v) is 2.45. The Labute approximate surface area is 158 Å². The lowest BCUT2D eigenvalue weighted by molar-refractivity contribution is -0.127. The number of anilines is 1. The maximum absolute atomic E-state index is 12.3. The number of thioether (sulfide) groups is 1. The van der Waals surface area contributed by atoms with Gasteiger partial charge in [0.15, 0.2) is 6.10 Å². The molecule has 0 aliphatic heterocycles. The van der Waals surface area contributed by atoms with Gasteiger partial charge in [0.05, 0.1) is 5.56 Å². The van der Waals surface area contributed by atoms with Crippen LogP contribution in [-0.2, 0) is 9.53 Å². The molecule has 142 valence electrons. The molecule has 0 saturated heterocycles. The Morgan fingerprint density at radius 1 is 1.00 bits per heavy atom. The van der Waals surface area contributed by atoms with Crippen LogP contribution in [0.1, 0.15) is 17.3 Å². The average Bonchev–Trinajstić information content (AvgIpc) is 2.62. The number of alkyl halides is 2. The second-order valence-corrected chi connectivity index (χ2v) is 6.32. The molecule has 3 amide bonds. The van der Waals surface area contributed by atoms with Gasteiger partial charge in [0, 0.05) is 10.6 Å². The van der Waals surface area contributed by atoms with Crippen molar-refractivity contribution in [2.45, 2.75) is 23.7 Å². The summed E-state index contributed by atoms with van der Waals surface area (Å²) in [7, 11) is 0. The van der Waals surface area contributed by atoms with Crippen molar-refractivity contribution >= 4 is 35.4 Å². The third kappa shape index (κ3) is 6.70. The molecule has 0 aliphatic rings. The number of benzene rings is 2. The van der Waals surface area contributed by atoms with Crippen molar-refractivity contribution in [1.82, 2.24) is 5.32 Å². The summed E-state index contributed by atoms with van der Waals surface area (Å²) in [5, 5.41) is 4.52. The minimum atomic E-state index is -2.56. The fourth-order valence-electron chi connectivity index (χ4n) is 1.95. The van der Waals surface area contributed by atoms with Crippen molar-refractivity contribution in [3.63, 3.8) is 0 Å². The van der Waals surface area contributed by atoms with E-state index in [1.165, 1.54) is 31.2 Å². The summed E-state index contributed by atoms with van der Waals surface area (Å²) in [6, 6.07) is 13.1. The van der Waals surface area contributed by atoms with Crippen LogP contribution < -0.4 is 10.6 Å². The van der Waals surface area contributed by atoms with E-state index in [9.17, 15) is 23.2 Å². The van der Waals surface area contributed by atoms with Crippen LogP contribution in [0.25, 0.3) is 0 Å². The van der Waals surface area contributed by atoms with Crippen LogP contribution in [-0.4, -0.2) is 29.8 Å². The van der Waals surface area contributed by atoms with Crippen molar-refractivity contribution < 1.29 is 27.9 Å². The molecule has 2 N–H and O–H groups in total. The van der Waals surface area contributed by atoms with Crippen molar-refractivity contribution in [2.24, 2.45) is 0 Å². The van der Waals surface area contributed by atoms with Crippen molar-refractivity contribution in [3.8, 4) is 0 Å². The molecule has 0 spiro atoms. The number of carbonyl (C=O) groups excluding carboxylic acids is 3. The van der Waals surface area contributed by atoms with Gasteiger partial charge in [-0.2, -0.15) is 8.78 Å². The number of halogens is 2. The molecule has 0 radical (unpaired) electrons. The summed E-state index contributed by atoms with van der Waals surface area (Å²) in [5.74, 6) is -4.18. The Morgan fingerprint density at radius 2 is 1.63 bits per heavy atom. The molecule has 0 aliphatic carbocycles. The van der Waals surface area contributed by atoms with Crippen LogP contribution >= 0.6 is 11.8 Å². The Balaban J connectivity index is 1.85. The summed E-state index contributed by atoms with van der Waals surface area (Å²) in [6.45, 7) is 1.31. The maximum atomic E-state index is 12.3. The molecular weight excluding hydrogens is 378 g/mol. The topological polar surface area (TPSA) is 84.5 Å². The highest BCUT2D eigenvalue weighted by Crippen LogP contribution is 2.25. The standard InChI is InChI=1S/C18H16F2N2O4S/c1-11(15(23)22-18(25)21-13-5-3-2-4-6-13)26-16(24)12-7-9-14(10-8-12)27-17(19)20/h2-11,17H,1H3,(H2,21,22,23,25). The van der Waals surface area contributed by atoms with E-state index < -0.39 is 29.8 Å². The number of hydrogen-bond donors (Lipinski definition) is 2. The van der Waals surface area contributed by atoms with E-state index in [0.717, 1.165) is 0 Å². The molecule has 27 heavy (non-hydrogen) atoms. The Bertz CT molecular complexity index is 801. The van der Waals surface area contributed by atoms with Gasteiger partial charge < -0.3 is 10.1 Å². The first-order valence-corrected chi connectivity index (χ1v) is 8.66. The first kappa shape index (κ1) is 20.4. The molecule has 1 atom stereocenters. The van der Waals surface area contributed by atoms with Crippen LogP contribution in [0, 0.1) is 0 Å². The van der Waals surface area contributed by atoms with E-state index in [1.807, 2.05) is 0 Å². The van der Waals surface area contributed by atoms with Gasteiger partial charge in [0.2, 0.25) is 0 Å². The molecule has 0 aromatic heterocycles. The number of ether oxygens (including phenoxy) is 1. The van der Waals surface area contributed by atoms with Crippen molar-refractivity contribution in [1.29, 1.82) is 0 Å². The predicted octanol–water partition coefficient (Wildman–Crippen LogP) is 3.89. The lowest BCUT2D eigenvalue weighted by Gasteiger charge is -2.13. The van der Waals surface area contributed by atoms with E-state index in [0.29, 0.717) is 22.3 Å². The zero-order valence-corrected chi connectivity index (χ0v) is 15.0. The number of amides is 3. The number of hydrogen-bond acceptors (Lipinski definition) is 5. The van der Waals surface area contributed by atoms with Gasteiger partial charge in [-0.15, -0.1) is 0 Å². The van der Waals surface area contributed by atoms with Crippen LogP contribution in [0.15, 0.2) is 59.5 Å². The number of carbonyl (C=O) groups is 3. The van der Waals surface area contributed by atoms with Crippen LogP contribution in [0.2, 0.25) is 0 Å². The molecule has 9 heteroatoms. The summed E-state index contributed by atoms with van der Waals surface area (Å²) >= 11 is 0.351. The lowest BCUT2D eigenvalue weighted by Crippen LogP contribution is -2.41. The number of nitrogens with one attached hydrogen (secondary N) is 2. The third-order valence-corrected chi connectivity index (χ3v) is 3.96. The molecule has 0 fully saturated rings. The molecule has 0 heterocycles. The second kappa shape index (κ2) is 9.67. The van der Waals surface area contributed by atoms with E-state index in [-0.39, 0.29) is 5.56 Å². The predicted molar refractivity (Wildman–Crippen MR) is 96.8 cm³/mol. The second-order valence-electron chi connectivity index (χ2n) is 5.26. The van der Waals surface area contributed by atoms with Gasteiger partial charge in [-0.1, -0.05) is 30.0 Å². The van der Waals surface area contributed by atoms with E-state index >= 15 is 0 Å². The van der Waals surface area contributed by atoms with Gasteiger partial charge in [-0.25, -0.2) is 9.59 Å². The molecule has 2 aromatic carbocycles. The summed E-state index contributed by atoms with van der Waals surface area (Å²) in [5.41, 5.74) is 0.594. The molecule has 0 bridgehead atoms. The van der Waals surface area contributed by atoms with Crippen molar-refractivity contribution in [2.75, 3.05) is 5.32 Å². The van der Waals surface area contributed by atoms with Gasteiger partial charge in [0.25, 0.3) is 11.7 Å². The normalized spacial score (nSPS) is 11.6. The largest absolute Gasteiger partial charge is 0.449 e. The molecular formula is C18H16F2N2O4S. The smallest absolute Gasteiger partial charge is 0.338 e. The number of para-hydroxylation sites is 1. The first-order valence-electron chi connectivity index (χ1n) is 7.78. The van der Waals surface area contributed by atoms with Gasteiger partial charge >= 0.3 is 12.0 Å².